The molecule has 0 aliphatic carbocycles. The van der Waals surface area contributed by atoms with Crippen LogP contribution in [-0.4, -0.2) is 17.5 Å². The molecule has 1 aliphatic rings. The van der Waals surface area contributed by atoms with Gasteiger partial charge in [-0.2, -0.15) is 5.26 Å². The summed E-state index contributed by atoms with van der Waals surface area (Å²) in [5.41, 5.74) is 2.08. The molecule has 0 radical (unpaired) electrons. The first-order valence-electron chi connectivity index (χ1n) is 4.78. The van der Waals surface area contributed by atoms with E-state index in [0.717, 1.165) is 28.7 Å². The van der Waals surface area contributed by atoms with E-state index in [1.807, 2.05) is 24.3 Å². The molecule has 0 saturated heterocycles. The molecule has 0 unspecified atom stereocenters. The van der Waals surface area contributed by atoms with Gasteiger partial charge in [-0.05, 0) is 17.7 Å². The summed E-state index contributed by atoms with van der Waals surface area (Å²) in [7, 11) is 0. The first kappa shape index (κ1) is 10.1. The Balaban J connectivity index is 2.01. The van der Waals surface area contributed by atoms with Gasteiger partial charge in [-0.15, -0.1) is 0 Å². The van der Waals surface area contributed by atoms with Gasteiger partial charge in [0.15, 0.2) is 5.17 Å². The highest BCUT2D eigenvalue weighted by Crippen LogP contribution is 2.16. The second-order valence-electron chi connectivity index (χ2n) is 3.19. The highest BCUT2D eigenvalue weighted by molar-refractivity contribution is 8.14. The van der Waals surface area contributed by atoms with Crippen LogP contribution in [0.25, 0.3) is 0 Å². The smallest absolute Gasteiger partial charge is 0.161 e. The summed E-state index contributed by atoms with van der Waals surface area (Å²) in [6.07, 6.45) is 0.468. The second kappa shape index (κ2) is 4.85. The molecule has 2 rings (SSSR count). The lowest BCUT2D eigenvalue weighted by atomic mass is 10.1. The summed E-state index contributed by atoms with van der Waals surface area (Å²) >= 11 is 1.74. The fourth-order valence-corrected chi connectivity index (χ4v) is 2.08. The minimum Gasteiger partial charge on any atom is -0.335 e. The Morgan fingerprint density at radius 2 is 2.20 bits per heavy atom. The molecule has 1 aromatic carbocycles. The van der Waals surface area contributed by atoms with Crippen LogP contribution in [0.15, 0.2) is 29.3 Å². The maximum absolute atomic E-state index is 8.53. The van der Waals surface area contributed by atoms with Crippen molar-refractivity contribution in [1.82, 2.24) is 0 Å². The van der Waals surface area contributed by atoms with E-state index in [1.165, 1.54) is 0 Å². The monoisotopic (exact) mass is 217 g/mol. The third-order valence-electron chi connectivity index (χ3n) is 2.07. The average Bonchev–Trinajstić information content (AvgIpc) is 2.74. The fourth-order valence-electron chi connectivity index (χ4n) is 1.33. The number of hydrogen-bond acceptors (Lipinski definition) is 4. The number of nitriles is 1. The van der Waals surface area contributed by atoms with Crippen molar-refractivity contribution < 1.29 is 0 Å². The molecule has 15 heavy (non-hydrogen) atoms. The average molecular weight is 217 g/mol. The van der Waals surface area contributed by atoms with Crippen LogP contribution in [0.3, 0.4) is 0 Å². The number of nitrogens with zero attached hydrogens (tertiary/aromatic N) is 2. The van der Waals surface area contributed by atoms with Crippen LogP contribution in [0.5, 0.6) is 0 Å². The number of thioether (sulfide) groups is 1. The predicted octanol–water partition coefficient (Wildman–Crippen LogP) is 2.27. The number of nitrogens with one attached hydrogen (secondary N) is 1. The number of amidine groups is 1. The van der Waals surface area contributed by atoms with E-state index in [9.17, 15) is 0 Å². The summed E-state index contributed by atoms with van der Waals surface area (Å²) in [6.45, 7) is 0.902. The summed E-state index contributed by atoms with van der Waals surface area (Å²) < 4.78 is 0. The lowest BCUT2D eigenvalue weighted by Gasteiger charge is -2.04. The van der Waals surface area contributed by atoms with Crippen molar-refractivity contribution in [2.75, 3.05) is 17.6 Å². The first-order valence-corrected chi connectivity index (χ1v) is 5.77. The summed E-state index contributed by atoms with van der Waals surface area (Å²) in [4.78, 5) is 4.31. The van der Waals surface area contributed by atoms with E-state index in [4.69, 9.17) is 5.26 Å². The van der Waals surface area contributed by atoms with Crippen molar-refractivity contribution in [3.8, 4) is 6.07 Å². The Morgan fingerprint density at radius 3 is 2.80 bits per heavy atom. The molecule has 1 heterocycles. The van der Waals surface area contributed by atoms with Gasteiger partial charge in [-0.25, -0.2) is 0 Å². The zero-order valence-corrected chi connectivity index (χ0v) is 9.05. The zero-order chi connectivity index (χ0) is 10.5. The molecule has 0 aromatic heterocycles. The Morgan fingerprint density at radius 1 is 1.40 bits per heavy atom. The molecular weight excluding hydrogens is 206 g/mol. The van der Waals surface area contributed by atoms with E-state index >= 15 is 0 Å². The minimum atomic E-state index is 0.468. The van der Waals surface area contributed by atoms with Gasteiger partial charge in [-0.3, -0.25) is 4.99 Å². The summed E-state index contributed by atoms with van der Waals surface area (Å²) in [5, 5.41) is 12.8. The van der Waals surface area contributed by atoms with Gasteiger partial charge in [0.1, 0.15) is 0 Å². The van der Waals surface area contributed by atoms with Gasteiger partial charge < -0.3 is 5.32 Å². The van der Waals surface area contributed by atoms with E-state index < -0.39 is 0 Å². The Bertz CT molecular complexity index is 403. The molecule has 1 aromatic rings. The van der Waals surface area contributed by atoms with Gasteiger partial charge in [0.25, 0.3) is 0 Å². The van der Waals surface area contributed by atoms with Crippen LogP contribution in [0.2, 0.25) is 0 Å². The number of benzene rings is 1. The molecule has 0 saturated carbocycles. The molecule has 1 aliphatic heterocycles. The van der Waals surface area contributed by atoms with Gasteiger partial charge in [0, 0.05) is 11.4 Å². The molecule has 0 bridgehead atoms. The van der Waals surface area contributed by atoms with Crippen molar-refractivity contribution in [2.24, 2.45) is 4.99 Å². The van der Waals surface area contributed by atoms with Crippen molar-refractivity contribution in [1.29, 1.82) is 5.26 Å². The normalized spacial score (nSPS) is 14.5. The van der Waals surface area contributed by atoms with Gasteiger partial charge in [0.05, 0.1) is 19.0 Å². The summed E-state index contributed by atoms with van der Waals surface area (Å²) in [5.74, 6) is 1.06. The molecule has 0 spiro atoms. The van der Waals surface area contributed by atoms with E-state index in [-0.39, 0.29) is 0 Å². The zero-order valence-electron chi connectivity index (χ0n) is 8.23. The van der Waals surface area contributed by atoms with Crippen molar-refractivity contribution in [3.63, 3.8) is 0 Å². The molecule has 0 amide bonds. The number of rotatable bonds is 2. The second-order valence-corrected chi connectivity index (χ2v) is 4.28. The van der Waals surface area contributed by atoms with Crippen molar-refractivity contribution in [2.45, 2.75) is 6.42 Å². The molecule has 3 nitrogen and oxygen atoms in total. The van der Waals surface area contributed by atoms with E-state index in [0.29, 0.717) is 6.42 Å². The van der Waals surface area contributed by atoms with Crippen LogP contribution in [0, 0.1) is 11.3 Å². The topological polar surface area (TPSA) is 48.2 Å². The third-order valence-corrected chi connectivity index (χ3v) is 2.97. The number of anilines is 1. The highest BCUT2D eigenvalue weighted by atomic mass is 32.2. The van der Waals surface area contributed by atoms with Crippen molar-refractivity contribution in [3.05, 3.63) is 29.8 Å². The van der Waals surface area contributed by atoms with Crippen LogP contribution < -0.4 is 5.32 Å². The molecule has 0 fully saturated rings. The van der Waals surface area contributed by atoms with Crippen LogP contribution in [0.1, 0.15) is 5.56 Å². The van der Waals surface area contributed by atoms with Crippen LogP contribution >= 0.6 is 11.8 Å². The standard InChI is InChI=1S/C11H11N3S/c12-6-5-9-1-3-10(4-2-9)14-11-13-7-8-15-11/h1-4H,5,7-8H2,(H,13,14). The minimum absolute atomic E-state index is 0.468. The van der Waals surface area contributed by atoms with Gasteiger partial charge >= 0.3 is 0 Å². The fraction of sp³-hybridized carbons (Fsp3) is 0.273. The SMILES string of the molecule is N#CCc1ccc(NC2=NCCS2)cc1. The van der Waals surface area contributed by atoms with Crippen LogP contribution in [-0.2, 0) is 6.42 Å². The van der Waals surface area contributed by atoms with Gasteiger partial charge in [0.2, 0.25) is 0 Å². The van der Waals surface area contributed by atoms with Gasteiger partial charge in [-0.1, -0.05) is 23.9 Å². The van der Waals surface area contributed by atoms with Crippen molar-refractivity contribution >= 4 is 22.6 Å². The molecular formula is C11H11N3S. The molecule has 0 atom stereocenters. The van der Waals surface area contributed by atoms with Crippen LogP contribution in [0.4, 0.5) is 5.69 Å². The van der Waals surface area contributed by atoms with E-state index in [1.54, 1.807) is 11.8 Å². The summed E-state index contributed by atoms with van der Waals surface area (Å²) in [6, 6.07) is 10.0. The molecule has 76 valence electrons. The molecule has 1 N–H and O–H groups in total. The molecule has 4 heteroatoms. The Labute approximate surface area is 93.2 Å². The largest absolute Gasteiger partial charge is 0.335 e. The Hall–Kier alpha value is -1.47. The maximum Gasteiger partial charge on any atom is 0.161 e. The highest BCUT2D eigenvalue weighted by Gasteiger charge is 2.06. The van der Waals surface area contributed by atoms with E-state index in [2.05, 4.69) is 16.4 Å². The Kier molecular flexibility index (Phi) is 3.25. The quantitative estimate of drug-likeness (QED) is 0.826. The number of aliphatic imine (C=N–C) groups is 1. The number of hydrogen-bond donors (Lipinski definition) is 1. The third kappa shape index (κ3) is 2.74. The maximum atomic E-state index is 8.53. The first-order chi connectivity index (χ1) is 7.38. The predicted molar refractivity (Wildman–Crippen MR) is 64.1 cm³/mol. The lowest BCUT2D eigenvalue weighted by molar-refractivity contribution is 1.17. The lowest BCUT2D eigenvalue weighted by Crippen LogP contribution is -2.04.